The van der Waals surface area contributed by atoms with Crippen LogP contribution in [0.3, 0.4) is 0 Å². The van der Waals surface area contributed by atoms with E-state index in [-0.39, 0.29) is 12.1 Å². The highest BCUT2D eigenvalue weighted by Gasteiger charge is 2.24. The molecular formula is C18H24N4O3S. The molecule has 140 valence electrons. The number of nitrogens with one attached hydrogen (secondary N) is 1. The first kappa shape index (κ1) is 18.3. The van der Waals surface area contributed by atoms with Crippen LogP contribution in [0.4, 0.5) is 9.93 Å². The molecule has 1 aromatic carbocycles. The molecule has 2 aromatic rings. The Hall–Kier alpha value is -2.48. The summed E-state index contributed by atoms with van der Waals surface area (Å²) < 4.78 is 10.7. The van der Waals surface area contributed by atoms with Crippen molar-refractivity contribution in [3.8, 4) is 11.5 Å². The Labute approximate surface area is 157 Å². The van der Waals surface area contributed by atoms with E-state index in [0.717, 1.165) is 35.3 Å². The van der Waals surface area contributed by atoms with Gasteiger partial charge in [0.15, 0.2) is 5.13 Å². The number of methoxy groups -OCH3 is 2. The minimum absolute atomic E-state index is 0.0684. The summed E-state index contributed by atoms with van der Waals surface area (Å²) in [5.41, 5.74) is 0.890. The molecule has 0 aliphatic carbocycles. The van der Waals surface area contributed by atoms with Crippen molar-refractivity contribution in [2.24, 2.45) is 0 Å². The molecule has 1 unspecified atom stereocenters. The summed E-state index contributed by atoms with van der Waals surface area (Å²) in [7, 11) is 3.24. The van der Waals surface area contributed by atoms with Crippen LogP contribution < -0.4 is 19.7 Å². The first-order chi connectivity index (χ1) is 12.6. The van der Waals surface area contributed by atoms with Crippen LogP contribution in [-0.4, -0.2) is 56.3 Å². The van der Waals surface area contributed by atoms with Gasteiger partial charge in [-0.2, -0.15) is 0 Å². The first-order valence-electron chi connectivity index (χ1n) is 8.54. The lowest BCUT2D eigenvalue weighted by molar-refractivity contribution is 0.191. The lowest BCUT2D eigenvalue weighted by Gasteiger charge is -2.35. The highest BCUT2D eigenvalue weighted by atomic mass is 32.1. The van der Waals surface area contributed by atoms with Crippen LogP contribution in [0, 0.1) is 0 Å². The van der Waals surface area contributed by atoms with Gasteiger partial charge in [-0.3, -0.25) is 0 Å². The number of benzene rings is 1. The quantitative estimate of drug-likeness (QED) is 0.869. The molecule has 0 saturated carbocycles. The van der Waals surface area contributed by atoms with Gasteiger partial charge in [0.2, 0.25) is 0 Å². The fourth-order valence-electron chi connectivity index (χ4n) is 3.00. The standard InChI is InChI=1S/C18H24N4O3S/c1-13(15-12-14(24-2)4-5-16(15)25-3)20-17(23)21-7-9-22(10-8-21)18-19-6-11-26-18/h4-6,11-13H,7-10H2,1-3H3,(H,20,23). The number of hydrogen-bond donors (Lipinski definition) is 1. The van der Waals surface area contributed by atoms with Gasteiger partial charge in [-0.05, 0) is 25.1 Å². The molecule has 7 nitrogen and oxygen atoms in total. The zero-order valence-corrected chi connectivity index (χ0v) is 16.1. The smallest absolute Gasteiger partial charge is 0.317 e. The number of thiazole rings is 1. The van der Waals surface area contributed by atoms with E-state index < -0.39 is 0 Å². The van der Waals surface area contributed by atoms with Gasteiger partial charge in [0.05, 0.1) is 20.3 Å². The Kier molecular flexibility index (Phi) is 5.82. The summed E-state index contributed by atoms with van der Waals surface area (Å²) in [6, 6.07) is 5.33. The van der Waals surface area contributed by atoms with Crippen molar-refractivity contribution >= 4 is 22.5 Å². The van der Waals surface area contributed by atoms with Gasteiger partial charge >= 0.3 is 6.03 Å². The molecular weight excluding hydrogens is 352 g/mol. The fraction of sp³-hybridized carbons (Fsp3) is 0.444. The molecule has 26 heavy (non-hydrogen) atoms. The Morgan fingerprint density at radius 3 is 2.62 bits per heavy atom. The van der Waals surface area contributed by atoms with Crippen LogP contribution in [0.5, 0.6) is 11.5 Å². The molecule has 8 heteroatoms. The molecule has 1 aliphatic heterocycles. The van der Waals surface area contributed by atoms with E-state index in [2.05, 4.69) is 15.2 Å². The number of amides is 2. The van der Waals surface area contributed by atoms with Crippen LogP contribution in [0.1, 0.15) is 18.5 Å². The zero-order chi connectivity index (χ0) is 18.5. The topological polar surface area (TPSA) is 66.9 Å². The van der Waals surface area contributed by atoms with Crippen LogP contribution in [-0.2, 0) is 0 Å². The molecule has 0 radical (unpaired) electrons. The Balaban J connectivity index is 1.60. The number of ether oxygens (including phenoxy) is 2. The summed E-state index contributed by atoms with van der Waals surface area (Å²) in [5, 5.41) is 6.04. The van der Waals surface area contributed by atoms with Gasteiger partial charge in [0, 0.05) is 43.3 Å². The summed E-state index contributed by atoms with van der Waals surface area (Å²) >= 11 is 1.62. The van der Waals surface area contributed by atoms with Gasteiger partial charge in [-0.25, -0.2) is 9.78 Å². The number of carbonyl (C=O) groups is 1. The second-order valence-corrected chi connectivity index (χ2v) is 6.94. The van der Waals surface area contributed by atoms with E-state index in [4.69, 9.17) is 9.47 Å². The third-order valence-corrected chi connectivity index (χ3v) is 5.33. The van der Waals surface area contributed by atoms with Crippen LogP contribution in [0.25, 0.3) is 0 Å². The SMILES string of the molecule is COc1ccc(OC)c(C(C)NC(=O)N2CCN(c3nccs3)CC2)c1. The third-order valence-electron chi connectivity index (χ3n) is 4.50. The molecule has 3 rings (SSSR count). The molecule has 1 atom stereocenters. The minimum Gasteiger partial charge on any atom is -0.497 e. The summed E-state index contributed by atoms with van der Waals surface area (Å²) in [6.45, 7) is 4.87. The van der Waals surface area contributed by atoms with Crippen molar-refractivity contribution in [3.63, 3.8) is 0 Å². The Morgan fingerprint density at radius 2 is 2.00 bits per heavy atom. The minimum atomic E-state index is -0.190. The average Bonchev–Trinajstić information content (AvgIpc) is 3.22. The van der Waals surface area contributed by atoms with E-state index >= 15 is 0 Å². The number of rotatable bonds is 5. The number of aromatic nitrogens is 1. The van der Waals surface area contributed by atoms with Gasteiger partial charge in [0.25, 0.3) is 0 Å². The number of carbonyl (C=O) groups excluding carboxylic acids is 1. The summed E-state index contributed by atoms with van der Waals surface area (Å²) in [4.78, 5) is 21.0. The van der Waals surface area contributed by atoms with E-state index in [0.29, 0.717) is 13.1 Å². The zero-order valence-electron chi connectivity index (χ0n) is 15.3. The molecule has 1 N–H and O–H groups in total. The van der Waals surface area contributed by atoms with Gasteiger partial charge in [-0.1, -0.05) is 0 Å². The second kappa shape index (κ2) is 8.27. The van der Waals surface area contributed by atoms with Crippen molar-refractivity contribution in [2.45, 2.75) is 13.0 Å². The third kappa shape index (κ3) is 4.01. The molecule has 2 heterocycles. The Bertz CT molecular complexity index is 730. The lowest BCUT2D eigenvalue weighted by atomic mass is 10.1. The first-order valence-corrected chi connectivity index (χ1v) is 9.42. The molecule has 0 bridgehead atoms. The van der Waals surface area contributed by atoms with E-state index in [1.54, 1.807) is 25.6 Å². The van der Waals surface area contributed by atoms with Crippen molar-refractivity contribution in [1.29, 1.82) is 0 Å². The van der Waals surface area contributed by atoms with Crippen molar-refractivity contribution in [3.05, 3.63) is 35.3 Å². The number of urea groups is 1. The maximum absolute atomic E-state index is 12.6. The van der Waals surface area contributed by atoms with E-state index in [1.807, 2.05) is 41.6 Å². The van der Waals surface area contributed by atoms with E-state index in [1.165, 1.54) is 0 Å². The van der Waals surface area contributed by atoms with Crippen molar-refractivity contribution in [1.82, 2.24) is 15.2 Å². The van der Waals surface area contributed by atoms with E-state index in [9.17, 15) is 4.79 Å². The maximum Gasteiger partial charge on any atom is 0.317 e. The predicted octanol–water partition coefficient (Wildman–Crippen LogP) is 2.75. The lowest BCUT2D eigenvalue weighted by Crippen LogP contribution is -2.52. The molecule has 0 spiro atoms. The second-order valence-electron chi connectivity index (χ2n) is 6.07. The number of piperazine rings is 1. The normalized spacial score (nSPS) is 15.5. The molecule has 2 amide bonds. The molecule has 1 aliphatic rings. The van der Waals surface area contributed by atoms with Crippen LogP contribution in [0.2, 0.25) is 0 Å². The summed E-state index contributed by atoms with van der Waals surface area (Å²) in [5.74, 6) is 1.46. The summed E-state index contributed by atoms with van der Waals surface area (Å²) in [6.07, 6.45) is 1.81. The van der Waals surface area contributed by atoms with Crippen molar-refractivity contribution in [2.75, 3.05) is 45.3 Å². The van der Waals surface area contributed by atoms with Gasteiger partial charge in [-0.15, -0.1) is 11.3 Å². The average molecular weight is 376 g/mol. The monoisotopic (exact) mass is 376 g/mol. The van der Waals surface area contributed by atoms with Crippen LogP contribution >= 0.6 is 11.3 Å². The Morgan fingerprint density at radius 1 is 1.23 bits per heavy atom. The highest BCUT2D eigenvalue weighted by molar-refractivity contribution is 7.13. The van der Waals surface area contributed by atoms with Gasteiger partial charge < -0.3 is 24.6 Å². The number of hydrogen-bond acceptors (Lipinski definition) is 6. The molecule has 1 fully saturated rings. The van der Waals surface area contributed by atoms with Crippen LogP contribution in [0.15, 0.2) is 29.8 Å². The number of anilines is 1. The largest absolute Gasteiger partial charge is 0.497 e. The molecule has 1 aromatic heterocycles. The predicted molar refractivity (Wildman–Crippen MR) is 102 cm³/mol. The number of nitrogens with zero attached hydrogens (tertiary/aromatic N) is 3. The van der Waals surface area contributed by atoms with Crippen molar-refractivity contribution < 1.29 is 14.3 Å². The fourth-order valence-corrected chi connectivity index (χ4v) is 3.70. The molecule has 1 saturated heterocycles. The highest BCUT2D eigenvalue weighted by Crippen LogP contribution is 2.29. The van der Waals surface area contributed by atoms with Gasteiger partial charge in [0.1, 0.15) is 11.5 Å². The maximum atomic E-state index is 12.6.